The summed E-state index contributed by atoms with van der Waals surface area (Å²) in [5.41, 5.74) is 2.28. The number of amides is 1. The number of hydrogen-bond acceptors (Lipinski definition) is 3. The minimum Gasteiger partial charge on any atom is -0.451 e. The normalized spacial score (nSPS) is 14.7. The number of furan rings is 1. The van der Waals surface area contributed by atoms with E-state index in [1.165, 1.54) is 5.56 Å². The molecule has 0 saturated carbocycles. The second-order valence-corrected chi connectivity index (χ2v) is 5.45. The van der Waals surface area contributed by atoms with Crippen molar-refractivity contribution >= 4 is 5.91 Å². The lowest BCUT2D eigenvalue weighted by atomic mass is 10.0. The van der Waals surface area contributed by atoms with Gasteiger partial charge in [0, 0.05) is 31.1 Å². The van der Waals surface area contributed by atoms with Gasteiger partial charge in [-0.2, -0.15) is 0 Å². The van der Waals surface area contributed by atoms with Crippen molar-refractivity contribution in [3.8, 4) is 11.3 Å². The molecular weight excluding hydrogens is 264 g/mol. The predicted molar refractivity (Wildman–Crippen MR) is 82.2 cm³/mol. The van der Waals surface area contributed by atoms with E-state index < -0.39 is 0 Å². The summed E-state index contributed by atoms with van der Waals surface area (Å²) in [6.45, 7) is 4.79. The van der Waals surface area contributed by atoms with Crippen molar-refractivity contribution in [2.24, 2.45) is 5.92 Å². The quantitative estimate of drug-likeness (QED) is 0.887. The highest BCUT2D eigenvalue weighted by Crippen LogP contribution is 2.22. The fraction of sp³-hybridized carbons (Fsp3) is 0.353. The van der Waals surface area contributed by atoms with Crippen molar-refractivity contribution in [3.05, 3.63) is 47.7 Å². The summed E-state index contributed by atoms with van der Waals surface area (Å²) < 4.78 is 5.66. The van der Waals surface area contributed by atoms with Gasteiger partial charge in [0.25, 0.3) is 5.91 Å². The predicted octanol–water partition coefficient (Wildman–Crippen LogP) is 2.46. The zero-order valence-corrected chi connectivity index (χ0v) is 12.2. The number of carbonyl (C=O) groups is 1. The van der Waals surface area contributed by atoms with Crippen LogP contribution < -0.4 is 10.6 Å². The Hall–Kier alpha value is -2.07. The van der Waals surface area contributed by atoms with Crippen LogP contribution in [0.15, 0.2) is 40.8 Å². The molecule has 1 aromatic heterocycles. The van der Waals surface area contributed by atoms with Gasteiger partial charge in [-0.05, 0) is 24.1 Å². The third kappa shape index (κ3) is 3.16. The standard InChI is InChI=1S/C17H20N2O2/c1-2-12-3-5-14(6-4-12)15-7-8-16(21-15)17(20)19-11-13-9-18-10-13/h3-8,13,18H,2,9-11H2,1H3,(H,19,20). The number of hydrogen-bond donors (Lipinski definition) is 2. The third-order valence-electron chi connectivity index (χ3n) is 3.89. The molecule has 1 aliphatic rings. The number of nitrogens with one attached hydrogen (secondary N) is 2. The topological polar surface area (TPSA) is 54.3 Å². The molecule has 0 aliphatic carbocycles. The monoisotopic (exact) mass is 284 g/mol. The van der Waals surface area contributed by atoms with Gasteiger partial charge in [-0.1, -0.05) is 31.2 Å². The second-order valence-electron chi connectivity index (χ2n) is 5.45. The Morgan fingerprint density at radius 2 is 2.00 bits per heavy atom. The van der Waals surface area contributed by atoms with E-state index >= 15 is 0 Å². The first kappa shape index (κ1) is 13.9. The van der Waals surface area contributed by atoms with E-state index in [9.17, 15) is 4.79 Å². The van der Waals surface area contributed by atoms with Crippen LogP contribution in [0.3, 0.4) is 0 Å². The van der Waals surface area contributed by atoms with E-state index in [2.05, 4.69) is 29.7 Å². The van der Waals surface area contributed by atoms with Crippen LogP contribution in [0.25, 0.3) is 11.3 Å². The maximum absolute atomic E-state index is 12.0. The van der Waals surface area contributed by atoms with Gasteiger partial charge >= 0.3 is 0 Å². The zero-order chi connectivity index (χ0) is 14.7. The lowest BCUT2D eigenvalue weighted by molar-refractivity contribution is 0.0915. The summed E-state index contributed by atoms with van der Waals surface area (Å²) in [4.78, 5) is 12.0. The van der Waals surface area contributed by atoms with Gasteiger partial charge in [0.15, 0.2) is 5.76 Å². The van der Waals surface area contributed by atoms with Gasteiger partial charge in [-0.3, -0.25) is 4.79 Å². The average molecular weight is 284 g/mol. The van der Waals surface area contributed by atoms with Crippen molar-refractivity contribution in [2.45, 2.75) is 13.3 Å². The molecule has 21 heavy (non-hydrogen) atoms. The Balaban J connectivity index is 1.65. The van der Waals surface area contributed by atoms with Gasteiger partial charge in [0.2, 0.25) is 0 Å². The molecule has 0 unspecified atom stereocenters. The SMILES string of the molecule is CCc1ccc(-c2ccc(C(=O)NCC3CNC3)o2)cc1. The Bertz CT molecular complexity index is 612. The molecule has 1 aromatic carbocycles. The van der Waals surface area contributed by atoms with Gasteiger partial charge < -0.3 is 15.1 Å². The van der Waals surface area contributed by atoms with Crippen LogP contribution in [0, 0.1) is 5.92 Å². The van der Waals surface area contributed by atoms with E-state index in [4.69, 9.17) is 4.42 Å². The lowest BCUT2D eigenvalue weighted by Crippen LogP contribution is -2.48. The van der Waals surface area contributed by atoms with Crippen LogP contribution in [0.4, 0.5) is 0 Å². The van der Waals surface area contributed by atoms with Crippen molar-refractivity contribution in [1.82, 2.24) is 10.6 Å². The zero-order valence-electron chi connectivity index (χ0n) is 12.2. The fourth-order valence-electron chi connectivity index (χ4n) is 2.34. The average Bonchev–Trinajstić information content (AvgIpc) is 2.95. The maximum Gasteiger partial charge on any atom is 0.287 e. The third-order valence-corrected chi connectivity index (χ3v) is 3.89. The maximum atomic E-state index is 12.0. The van der Waals surface area contributed by atoms with Gasteiger partial charge in [0.1, 0.15) is 5.76 Å². The minimum absolute atomic E-state index is 0.140. The molecule has 2 heterocycles. The van der Waals surface area contributed by atoms with Crippen LogP contribution in [0.1, 0.15) is 23.0 Å². The highest BCUT2D eigenvalue weighted by atomic mass is 16.3. The van der Waals surface area contributed by atoms with E-state index in [0.29, 0.717) is 18.2 Å². The Morgan fingerprint density at radius 1 is 1.24 bits per heavy atom. The highest BCUT2D eigenvalue weighted by Gasteiger charge is 2.19. The number of aryl methyl sites for hydroxylation is 1. The molecule has 2 aromatic rings. The van der Waals surface area contributed by atoms with Crippen molar-refractivity contribution in [2.75, 3.05) is 19.6 Å². The van der Waals surface area contributed by atoms with Crippen molar-refractivity contribution in [3.63, 3.8) is 0 Å². The van der Waals surface area contributed by atoms with Gasteiger partial charge in [-0.15, -0.1) is 0 Å². The molecule has 1 amide bonds. The molecule has 3 rings (SSSR count). The van der Waals surface area contributed by atoms with Crippen LogP contribution >= 0.6 is 0 Å². The van der Waals surface area contributed by atoms with Crippen LogP contribution in [0.5, 0.6) is 0 Å². The fourth-order valence-corrected chi connectivity index (χ4v) is 2.34. The Labute approximate surface area is 124 Å². The van der Waals surface area contributed by atoms with Crippen molar-refractivity contribution in [1.29, 1.82) is 0 Å². The number of benzene rings is 1. The number of rotatable bonds is 5. The molecule has 0 atom stereocenters. The molecule has 4 nitrogen and oxygen atoms in total. The summed E-state index contributed by atoms with van der Waals surface area (Å²) in [5, 5.41) is 6.10. The molecule has 0 radical (unpaired) electrons. The van der Waals surface area contributed by atoms with Crippen LogP contribution in [-0.4, -0.2) is 25.5 Å². The summed E-state index contributed by atoms with van der Waals surface area (Å²) >= 11 is 0. The van der Waals surface area contributed by atoms with E-state index in [1.54, 1.807) is 6.07 Å². The lowest BCUT2D eigenvalue weighted by Gasteiger charge is -2.26. The van der Waals surface area contributed by atoms with Crippen molar-refractivity contribution < 1.29 is 9.21 Å². The molecular formula is C17H20N2O2. The smallest absolute Gasteiger partial charge is 0.287 e. The first-order valence-electron chi connectivity index (χ1n) is 7.44. The summed E-state index contributed by atoms with van der Waals surface area (Å²) in [6, 6.07) is 11.8. The second kappa shape index (κ2) is 6.14. The molecule has 1 aliphatic heterocycles. The Kier molecular flexibility index (Phi) is 4.06. The molecule has 0 bridgehead atoms. The van der Waals surface area contributed by atoms with Gasteiger partial charge in [-0.25, -0.2) is 0 Å². The number of carbonyl (C=O) groups excluding carboxylic acids is 1. The molecule has 1 fully saturated rings. The van der Waals surface area contributed by atoms with Crippen LogP contribution in [0.2, 0.25) is 0 Å². The molecule has 1 saturated heterocycles. The summed E-state index contributed by atoms with van der Waals surface area (Å²) in [5.74, 6) is 1.51. The molecule has 2 N–H and O–H groups in total. The van der Waals surface area contributed by atoms with Crippen LogP contribution in [-0.2, 0) is 6.42 Å². The summed E-state index contributed by atoms with van der Waals surface area (Å²) in [7, 11) is 0. The first-order valence-corrected chi connectivity index (χ1v) is 7.44. The largest absolute Gasteiger partial charge is 0.451 e. The molecule has 4 heteroatoms. The molecule has 0 spiro atoms. The Morgan fingerprint density at radius 3 is 2.62 bits per heavy atom. The van der Waals surface area contributed by atoms with E-state index in [0.717, 1.165) is 30.8 Å². The minimum atomic E-state index is -0.140. The molecule has 110 valence electrons. The van der Waals surface area contributed by atoms with Gasteiger partial charge in [0.05, 0.1) is 0 Å². The highest BCUT2D eigenvalue weighted by molar-refractivity contribution is 5.92. The van der Waals surface area contributed by atoms with E-state index in [-0.39, 0.29) is 5.91 Å². The summed E-state index contributed by atoms with van der Waals surface area (Å²) in [6.07, 6.45) is 1.02. The first-order chi connectivity index (χ1) is 10.3. The van der Waals surface area contributed by atoms with E-state index in [1.807, 2.05) is 18.2 Å².